The maximum atomic E-state index is 14.1. The second kappa shape index (κ2) is 8.46. The van der Waals surface area contributed by atoms with Gasteiger partial charge in [0.15, 0.2) is 0 Å². The summed E-state index contributed by atoms with van der Waals surface area (Å²) in [5, 5.41) is 14.4. The predicted octanol–water partition coefficient (Wildman–Crippen LogP) is 2.48. The first kappa shape index (κ1) is 19.9. The molecule has 0 radical (unpaired) electrons. The Hall–Kier alpha value is -2.82. The number of carbonyl (C=O) groups excluding carboxylic acids is 2. The fraction of sp³-hybridized carbons (Fsp3) is 0.550. The predicted molar refractivity (Wildman–Crippen MR) is 102 cm³/mol. The lowest BCUT2D eigenvalue weighted by Gasteiger charge is -2.39. The fourth-order valence-corrected chi connectivity index (χ4v) is 3.76. The van der Waals surface area contributed by atoms with Crippen LogP contribution in [0, 0.1) is 24.1 Å². The molecule has 7 nitrogen and oxygen atoms in total. The number of nitriles is 1. The zero-order valence-electron chi connectivity index (χ0n) is 16.3. The number of rotatable bonds is 4. The Morgan fingerprint density at radius 3 is 2.71 bits per heavy atom. The van der Waals surface area contributed by atoms with Crippen molar-refractivity contribution in [3.63, 3.8) is 0 Å². The fourth-order valence-electron chi connectivity index (χ4n) is 3.76. The van der Waals surface area contributed by atoms with Gasteiger partial charge in [0, 0.05) is 38.3 Å². The van der Waals surface area contributed by atoms with Crippen molar-refractivity contribution in [2.24, 2.45) is 0 Å². The van der Waals surface area contributed by atoms with Crippen LogP contribution >= 0.6 is 0 Å². The summed E-state index contributed by atoms with van der Waals surface area (Å²) < 4.78 is 14.1. The Balaban J connectivity index is 1.61. The second-order valence-corrected chi connectivity index (χ2v) is 7.46. The minimum atomic E-state index is -0.501. The SMILES string of the molecule is CNC(=O)N(C1CC1)[C@@H]1CCCN(C(=O)NCc2cc(C)c(C#N)cc2F)C1. The van der Waals surface area contributed by atoms with Gasteiger partial charge in [-0.1, -0.05) is 6.07 Å². The third-order valence-corrected chi connectivity index (χ3v) is 5.41. The minimum Gasteiger partial charge on any atom is -0.341 e. The van der Waals surface area contributed by atoms with Crippen LogP contribution in [0.15, 0.2) is 12.1 Å². The number of likely N-dealkylation sites (tertiary alicyclic amines) is 1. The van der Waals surface area contributed by atoms with Gasteiger partial charge in [0.1, 0.15) is 5.82 Å². The average Bonchev–Trinajstić information content (AvgIpc) is 3.53. The standard InChI is InChI=1S/C20H26FN5O2/c1-13-8-15(18(21)9-14(13)10-22)11-24-20(28)25-7-3-4-17(12-25)26(16-5-6-16)19(27)23-2/h8-9,16-17H,3-7,11-12H2,1-2H3,(H,23,27)(H,24,28)/t17-/m1/s1. The summed E-state index contributed by atoms with van der Waals surface area (Å²) in [4.78, 5) is 28.4. The number of nitrogens with zero attached hydrogens (tertiary/aromatic N) is 3. The summed E-state index contributed by atoms with van der Waals surface area (Å²) in [7, 11) is 1.62. The molecule has 1 heterocycles. The minimum absolute atomic E-state index is 0.000780. The van der Waals surface area contributed by atoms with E-state index in [0.717, 1.165) is 25.7 Å². The molecule has 2 aliphatic rings. The van der Waals surface area contributed by atoms with Crippen molar-refractivity contribution in [1.29, 1.82) is 5.26 Å². The lowest BCUT2D eigenvalue weighted by atomic mass is 10.0. The summed E-state index contributed by atoms with van der Waals surface area (Å²) >= 11 is 0. The third kappa shape index (κ3) is 4.35. The van der Waals surface area contributed by atoms with E-state index in [0.29, 0.717) is 29.8 Å². The van der Waals surface area contributed by atoms with Gasteiger partial charge < -0.3 is 20.4 Å². The van der Waals surface area contributed by atoms with Gasteiger partial charge in [-0.2, -0.15) is 5.26 Å². The highest BCUT2D eigenvalue weighted by atomic mass is 19.1. The molecule has 3 rings (SSSR count). The van der Waals surface area contributed by atoms with Crippen molar-refractivity contribution in [3.8, 4) is 6.07 Å². The van der Waals surface area contributed by atoms with E-state index in [1.165, 1.54) is 6.07 Å². The highest BCUT2D eigenvalue weighted by Crippen LogP contribution is 2.31. The highest BCUT2D eigenvalue weighted by Gasteiger charge is 2.39. The van der Waals surface area contributed by atoms with E-state index < -0.39 is 5.82 Å². The van der Waals surface area contributed by atoms with E-state index in [4.69, 9.17) is 5.26 Å². The third-order valence-electron chi connectivity index (χ3n) is 5.41. The summed E-state index contributed by atoms with van der Waals surface area (Å²) in [5.74, 6) is -0.501. The topological polar surface area (TPSA) is 88.5 Å². The molecule has 1 aliphatic heterocycles. The smallest absolute Gasteiger partial charge is 0.317 e. The van der Waals surface area contributed by atoms with Crippen LogP contribution < -0.4 is 10.6 Å². The van der Waals surface area contributed by atoms with E-state index in [-0.39, 0.29) is 30.7 Å². The number of aryl methyl sites for hydroxylation is 1. The average molecular weight is 387 g/mol. The largest absolute Gasteiger partial charge is 0.341 e. The molecule has 150 valence electrons. The van der Waals surface area contributed by atoms with Gasteiger partial charge in [-0.15, -0.1) is 0 Å². The molecule has 0 bridgehead atoms. The molecule has 0 spiro atoms. The lowest BCUT2D eigenvalue weighted by Crippen LogP contribution is -2.55. The van der Waals surface area contributed by atoms with E-state index in [2.05, 4.69) is 10.6 Å². The van der Waals surface area contributed by atoms with Gasteiger partial charge >= 0.3 is 12.1 Å². The molecule has 0 unspecified atom stereocenters. The number of benzene rings is 1. The van der Waals surface area contributed by atoms with Crippen molar-refractivity contribution >= 4 is 12.1 Å². The van der Waals surface area contributed by atoms with E-state index in [1.54, 1.807) is 24.9 Å². The van der Waals surface area contributed by atoms with Gasteiger partial charge in [0.25, 0.3) is 0 Å². The quantitative estimate of drug-likeness (QED) is 0.832. The molecule has 2 fully saturated rings. The Bertz CT molecular complexity index is 803. The number of carbonyl (C=O) groups is 2. The monoisotopic (exact) mass is 387 g/mol. The number of urea groups is 2. The van der Waals surface area contributed by atoms with Crippen molar-refractivity contribution < 1.29 is 14.0 Å². The second-order valence-electron chi connectivity index (χ2n) is 7.46. The first-order valence-corrected chi connectivity index (χ1v) is 9.66. The number of hydrogen-bond donors (Lipinski definition) is 2. The molecule has 4 amide bonds. The lowest BCUT2D eigenvalue weighted by molar-refractivity contribution is 0.116. The molecule has 1 saturated heterocycles. The maximum absolute atomic E-state index is 14.1. The summed E-state index contributed by atoms with van der Waals surface area (Å²) in [5.41, 5.74) is 1.32. The summed E-state index contributed by atoms with van der Waals surface area (Å²) in [6.07, 6.45) is 3.71. The molecule has 2 N–H and O–H groups in total. The van der Waals surface area contributed by atoms with Crippen LogP contribution in [0.5, 0.6) is 0 Å². The molecule has 28 heavy (non-hydrogen) atoms. The highest BCUT2D eigenvalue weighted by molar-refractivity contribution is 5.76. The molecule has 1 aliphatic carbocycles. The van der Waals surface area contributed by atoms with E-state index >= 15 is 0 Å². The zero-order valence-corrected chi connectivity index (χ0v) is 16.3. The molecular formula is C20H26FN5O2. The molecule has 1 atom stereocenters. The van der Waals surface area contributed by atoms with Gasteiger partial charge in [0.05, 0.1) is 17.7 Å². The summed E-state index contributed by atoms with van der Waals surface area (Å²) in [6, 6.07) is 4.65. The number of piperidine rings is 1. The van der Waals surface area contributed by atoms with E-state index in [9.17, 15) is 14.0 Å². The van der Waals surface area contributed by atoms with Crippen LogP contribution in [0.1, 0.15) is 42.4 Å². The molecular weight excluding hydrogens is 361 g/mol. The Morgan fingerprint density at radius 2 is 2.07 bits per heavy atom. The maximum Gasteiger partial charge on any atom is 0.317 e. The molecule has 1 aromatic rings. The van der Waals surface area contributed by atoms with Crippen LogP contribution in [0.2, 0.25) is 0 Å². The number of amides is 4. The van der Waals surface area contributed by atoms with Crippen LogP contribution in [-0.2, 0) is 6.54 Å². The van der Waals surface area contributed by atoms with Crippen LogP contribution in [0.25, 0.3) is 0 Å². The van der Waals surface area contributed by atoms with Gasteiger partial charge in [-0.25, -0.2) is 14.0 Å². The first-order chi connectivity index (χ1) is 13.4. The number of hydrogen-bond acceptors (Lipinski definition) is 3. The number of halogens is 1. The Labute approximate surface area is 164 Å². The molecule has 1 saturated carbocycles. The van der Waals surface area contributed by atoms with Gasteiger partial charge in [-0.3, -0.25) is 0 Å². The van der Waals surface area contributed by atoms with Crippen LogP contribution in [0.3, 0.4) is 0 Å². The van der Waals surface area contributed by atoms with E-state index in [1.807, 2.05) is 11.0 Å². The zero-order chi connectivity index (χ0) is 20.3. The van der Waals surface area contributed by atoms with Crippen molar-refractivity contribution in [2.45, 2.75) is 51.2 Å². The molecule has 8 heteroatoms. The Morgan fingerprint density at radius 1 is 1.32 bits per heavy atom. The van der Waals surface area contributed by atoms with Crippen molar-refractivity contribution in [3.05, 3.63) is 34.6 Å². The van der Waals surface area contributed by atoms with Crippen molar-refractivity contribution in [1.82, 2.24) is 20.4 Å². The van der Waals surface area contributed by atoms with Crippen LogP contribution in [-0.4, -0.2) is 54.1 Å². The van der Waals surface area contributed by atoms with Crippen LogP contribution in [0.4, 0.5) is 14.0 Å². The van der Waals surface area contributed by atoms with Crippen molar-refractivity contribution in [2.75, 3.05) is 20.1 Å². The Kier molecular flexibility index (Phi) is 6.02. The molecule has 1 aromatic carbocycles. The number of nitrogens with one attached hydrogen (secondary N) is 2. The van der Waals surface area contributed by atoms with Gasteiger partial charge in [-0.05, 0) is 44.2 Å². The summed E-state index contributed by atoms with van der Waals surface area (Å²) in [6.45, 7) is 2.89. The normalized spacial score (nSPS) is 18.9. The van der Waals surface area contributed by atoms with Gasteiger partial charge in [0.2, 0.25) is 0 Å². The first-order valence-electron chi connectivity index (χ1n) is 9.66. The molecule has 0 aromatic heterocycles.